The highest BCUT2D eigenvalue weighted by atomic mass is 16.5. The summed E-state index contributed by atoms with van der Waals surface area (Å²) in [5.74, 6) is -0.301. The second-order valence-corrected chi connectivity index (χ2v) is 5.34. The molecule has 114 valence electrons. The number of anilines is 1. The number of nitrogens with zero attached hydrogens (tertiary/aromatic N) is 2. The van der Waals surface area contributed by atoms with Crippen molar-refractivity contribution in [3.8, 4) is 0 Å². The first-order valence-electron chi connectivity index (χ1n) is 7.37. The van der Waals surface area contributed by atoms with E-state index in [2.05, 4.69) is 34.1 Å². The Morgan fingerprint density at radius 3 is 2.48 bits per heavy atom. The van der Waals surface area contributed by atoms with Crippen molar-refractivity contribution in [2.75, 3.05) is 44.2 Å². The fraction of sp³-hybridized carbons (Fsp3) is 0.500. The van der Waals surface area contributed by atoms with Crippen LogP contribution in [-0.2, 0) is 9.53 Å². The third-order valence-corrected chi connectivity index (χ3v) is 3.57. The largest absolute Gasteiger partial charge is 0.464 e. The number of esters is 1. The molecule has 2 rings (SSSR count). The maximum Gasteiger partial charge on any atom is 0.311 e. The zero-order chi connectivity index (χ0) is 15.1. The van der Waals surface area contributed by atoms with Crippen LogP contribution in [0.4, 0.5) is 5.69 Å². The third kappa shape index (κ3) is 5.19. The van der Waals surface area contributed by atoms with Crippen LogP contribution in [0.15, 0.2) is 30.3 Å². The Morgan fingerprint density at radius 1 is 1.19 bits per heavy atom. The van der Waals surface area contributed by atoms with Gasteiger partial charge in [0.1, 0.15) is 6.61 Å². The molecule has 1 aliphatic rings. The summed E-state index contributed by atoms with van der Waals surface area (Å²) in [5, 5.41) is 7.24. The number of para-hydroxylation sites is 1. The van der Waals surface area contributed by atoms with Crippen molar-refractivity contribution in [2.24, 2.45) is 0 Å². The predicted octanol–water partition coefficient (Wildman–Crippen LogP) is 1.78. The van der Waals surface area contributed by atoms with Gasteiger partial charge in [-0.05, 0) is 19.1 Å². The van der Waals surface area contributed by atoms with Crippen molar-refractivity contribution < 1.29 is 9.53 Å². The third-order valence-electron chi connectivity index (χ3n) is 3.57. The van der Waals surface area contributed by atoms with Crippen LogP contribution in [-0.4, -0.2) is 55.9 Å². The first kappa shape index (κ1) is 15.5. The molecule has 0 spiro atoms. The van der Waals surface area contributed by atoms with Gasteiger partial charge in [-0.1, -0.05) is 18.2 Å². The number of hydrogen-bond donors (Lipinski definition) is 1. The highest BCUT2D eigenvalue weighted by molar-refractivity contribution is 5.95. The van der Waals surface area contributed by atoms with E-state index in [1.807, 2.05) is 6.07 Å². The smallest absolute Gasteiger partial charge is 0.311 e. The van der Waals surface area contributed by atoms with Crippen LogP contribution in [0, 0.1) is 5.41 Å². The van der Waals surface area contributed by atoms with E-state index in [1.54, 1.807) is 6.92 Å². The molecule has 1 fully saturated rings. The minimum Gasteiger partial charge on any atom is -0.464 e. The summed E-state index contributed by atoms with van der Waals surface area (Å²) in [6.07, 6.45) is 0.0990. The fourth-order valence-electron chi connectivity index (χ4n) is 2.42. The number of piperazine rings is 1. The van der Waals surface area contributed by atoms with E-state index in [1.165, 1.54) is 5.69 Å². The number of ether oxygens (including phenoxy) is 1. The van der Waals surface area contributed by atoms with Crippen LogP contribution in [0.3, 0.4) is 0 Å². The van der Waals surface area contributed by atoms with Gasteiger partial charge in [-0.3, -0.25) is 9.69 Å². The van der Waals surface area contributed by atoms with E-state index in [0.29, 0.717) is 12.3 Å². The summed E-state index contributed by atoms with van der Waals surface area (Å²) in [6, 6.07) is 10.4. The van der Waals surface area contributed by atoms with Crippen LogP contribution < -0.4 is 4.90 Å². The molecule has 5 nitrogen and oxygen atoms in total. The van der Waals surface area contributed by atoms with Gasteiger partial charge in [0.05, 0.1) is 6.42 Å². The van der Waals surface area contributed by atoms with E-state index >= 15 is 0 Å². The molecule has 0 saturated carbocycles. The normalized spacial score (nSPS) is 15.8. The van der Waals surface area contributed by atoms with Gasteiger partial charge in [0, 0.05) is 44.1 Å². The van der Waals surface area contributed by atoms with Crippen molar-refractivity contribution in [2.45, 2.75) is 13.3 Å². The van der Waals surface area contributed by atoms with E-state index in [-0.39, 0.29) is 12.4 Å². The van der Waals surface area contributed by atoms with Crippen molar-refractivity contribution >= 4 is 17.4 Å². The molecule has 0 aromatic heterocycles. The second-order valence-electron chi connectivity index (χ2n) is 5.34. The van der Waals surface area contributed by atoms with Gasteiger partial charge < -0.3 is 15.0 Å². The molecule has 1 aromatic carbocycles. The summed E-state index contributed by atoms with van der Waals surface area (Å²) >= 11 is 0. The van der Waals surface area contributed by atoms with Crippen LogP contribution >= 0.6 is 0 Å². The van der Waals surface area contributed by atoms with Gasteiger partial charge in [0.2, 0.25) is 0 Å². The monoisotopic (exact) mass is 289 g/mol. The highest BCUT2D eigenvalue weighted by Crippen LogP contribution is 2.15. The van der Waals surface area contributed by atoms with Gasteiger partial charge >= 0.3 is 5.97 Å². The molecule has 21 heavy (non-hydrogen) atoms. The molecule has 5 heteroatoms. The van der Waals surface area contributed by atoms with Crippen molar-refractivity contribution in [3.63, 3.8) is 0 Å². The number of carbonyl (C=O) groups excluding carboxylic acids is 1. The average molecular weight is 289 g/mol. The molecular weight excluding hydrogens is 266 g/mol. The van der Waals surface area contributed by atoms with Crippen LogP contribution in [0.25, 0.3) is 0 Å². The fourth-order valence-corrected chi connectivity index (χ4v) is 2.42. The lowest BCUT2D eigenvalue weighted by Crippen LogP contribution is -2.47. The summed E-state index contributed by atoms with van der Waals surface area (Å²) in [6.45, 7) is 6.76. The first-order valence-corrected chi connectivity index (χ1v) is 7.37. The number of hydrogen-bond acceptors (Lipinski definition) is 5. The zero-order valence-corrected chi connectivity index (χ0v) is 12.5. The van der Waals surface area contributed by atoms with E-state index in [4.69, 9.17) is 10.1 Å². The summed E-state index contributed by atoms with van der Waals surface area (Å²) < 4.78 is 5.13. The van der Waals surface area contributed by atoms with Crippen LogP contribution in [0.5, 0.6) is 0 Å². The Labute approximate surface area is 126 Å². The summed E-state index contributed by atoms with van der Waals surface area (Å²) in [5.41, 5.74) is 1.61. The number of benzene rings is 1. The summed E-state index contributed by atoms with van der Waals surface area (Å²) in [7, 11) is 0. The molecule has 0 radical (unpaired) electrons. The number of nitrogens with one attached hydrogen (secondary N) is 1. The standard InChI is InChI=1S/C16H23N3O2/c1-14(17)13-16(20)21-12-11-18-7-9-19(10-8-18)15-5-3-2-4-6-15/h2-6,17H,7-13H2,1H3. The Bertz CT molecular complexity index is 468. The van der Waals surface area contributed by atoms with Crippen LogP contribution in [0.2, 0.25) is 0 Å². The number of rotatable bonds is 6. The SMILES string of the molecule is CC(=N)CC(=O)OCCN1CCN(c2ccccc2)CC1. The number of carbonyl (C=O) groups is 1. The highest BCUT2D eigenvalue weighted by Gasteiger charge is 2.17. The predicted molar refractivity (Wildman–Crippen MR) is 84.1 cm³/mol. The van der Waals surface area contributed by atoms with Crippen molar-refractivity contribution in [3.05, 3.63) is 30.3 Å². The minimum absolute atomic E-state index is 0.0990. The van der Waals surface area contributed by atoms with E-state index in [0.717, 1.165) is 32.7 Å². The van der Waals surface area contributed by atoms with Gasteiger partial charge in [-0.2, -0.15) is 0 Å². The lowest BCUT2D eigenvalue weighted by atomic mass is 10.2. The average Bonchev–Trinajstić information content (AvgIpc) is 2.48. The maximum atomic E-state index is 11.3. The molecule has 1 N–H and O–H groups in total. The van der Waals surface area contributed by atoms with Crippen LogP contribution in [0.1, 0.15) is 13.3 Å². The molecule has 0 aliphatic carbocycles. The zero-order valence-electron chi connectivity index (χ0n) is 12.5. The van der Waals surface area contributed by atoms with E-state index < -0.39 is 0 Å². The lowest BCUT2D eigenvalue weighted by molar-refractivity contribution is -0.142. The molecule has 1 heterocycles. The lowest BCUT2D eigenvalue weighted by Gasteiger charge is -2.35. The van der Waals surface area contributed by atoms with Gasteiger partial charge in [-0.25, -0.2) is 0 Å². The van der Waals surface area contributed by atoms with Gasteiger partial charge in [0.15, 0.2) is 0 Å². The Morgan fingerprint density at radius 2 is 1.86 bits per heavy atom. The Balaban J connectivity index is 1.65. The van der Waals surface area contributed by atoms with E-state index in [9.17, 15) is 4.79 Å². The molecular formula is C16H23N3O2. The second kappa shape index (κ2) is 7.78. The molecule has 0 unspecified atom stereocenters. The summed E-state index contributed by atoms with van der Waals surface area (Å²) in [4.78, 5) is 16.0. The first-order chi connectivity index (χ1) is 10.1. The topological polar surface area (TPSA) is 56.6 Å². The Kier molecular flexibility index (Phi) is 5.75. The van der Waals surface area contributed by atoms with Crippen molar-refractivity contribution in [1.29, 1.82) is 5.41 Å². The van der Waals surface area contributed by atoms with Gasteiger partial charge in [-0.15, -0.1) is 0 Å². The molecule has 1 aromatic rings. The van der Waals surface area contributed by atoms with Crippen molar-refractivity contribution in [1.82, 2.24) is 4.90 Å². The molecule has 0 atom stereocenters. The Hall–Kier alpha value is -1.88. The molecule has 1 aliphatic heterocycles. The minimum atomic E-state index is -0.301. The molecule has 0 amide bonds. The maximum absolute atomic E-state index is 11.3. The molecule has 0 bridgehead atoms. The van der Waals surface area contributed by atoms with Gasteiger partial charge in [0.25, 0.3) is 0 Å². The quantitative estimate of drug-likeness (QED) is 0.640. The molecule has 1 saturated heterocycles.